The standard InChI is InChI=1S/C17H22FN5O/c1-23(2)9-3-8-19-17(24)15-10-16(22-12-21-15)20-11-13-4-6-14(18)7-5-13/h4-7,10,12H,3,8-9,11H2,1-2H3,(H,19,24)(H,20,21,22). The molecule has 0 aliphatic rings. The van der Waals surface area contributed by atoms with Crippen molar-refractivity contribution in [3.63, 3.8) is 0 Å². The number of rotatable bonds is 8. The van der Waals surface area contributed by atoms with Gasteiger partial charge in [-0.2, -0.15) is 0 Å². The number of halogens is 1. The van der Waals surface area contributed by atoms with Crippen LogP contribution in [0.3, 0.4) is 0 Å². The lowest BCUT2D eigenvalue weighted by Gasteiger charge is -2.10. The van der Waals surface area contributed by atoms with Crippen molar-refractivity contribution in [2.45, 2.75) is 13.0 Å². The van der Waals surface area contributed by atoms with Crippen molar-refractivity contribution in [2.24, 2.45) is 0 Å². The van der Waals surface area contributed by atoms with Crippen LogP contribution in [0.1, 0.15) is 22.5 Å². The summed E-state index contributed by atoms with van der Waals surface area (Å²) in [5, 5.41) is 5.93. The van der Waals surface area contributed by atoms with Gasteiger partial charge in [0.25, 0.3) is 5.91 Å². The Kier molecular flexibility index (Phi) is 6.62. The van der Waals surface area contributed by atoms with Gasteiger partial charge >= 0.3 is 0 Å². The molecule has 0 bridgehead atoms. The Bertz CT molecular complexity index is 660. The molecule has 0 saturated heterocycles. The lowest BCUT2D eigenvalue weighted by molar-refractivity contribution is 0.0947. The molecular weight excluding hydrogens is 309 g/mol. The van der Waals surface area contributed by atoms with E-state index in [4.69, 9.17) is 0 Å². The molecule has 0 aliphatic carbocycles. The topological polar surface area (TPSA) is 70.2 Å². The van der Waals surface area contributed by atoms with Gasteiger partial charge in [-0.05, 0) is 44.8 Å². The van der Waals surface area contributed by atoms with Gasteiger partial charge < -0.3 is 15.5 Å². The third-order valence-electron chi connectivity index (χ3n) is 3.35. The minimum absolute atomic E-state index is 0.221. The second-order valence-corrected chi connectivity index (χ2v) is 5.68. The van der Waals surface area contributed by atoms with Gasteiger partial charge in [0, 0.05) is 19.2 Å². The minimum Gasteiger partial charge on any atom is -0.366 e. The zero-order valence-corrected chi connectivity index (χ0v) is 13.9. The lowest BCUT2D eigenvalue weighted by Crippen LogP contribution is -2.27. The predicted octanol–water partition coefficient (Wildman–Crippen LogP) is 1.91. The number of aromatic nitrogens is 2. The lowest BCUT2D eigenvalue weighted by atomic mass is 10.2. The summed E-state index contributed by atoms with van der Waals surface area (Å²) in [6.45, 7) is 2.00. The highest BCUT2D eigenvalue weighted by molar-refractivity contribution is 5.92. The van der Waals surface area contributed by atoms with Crippen LogP contribution in [0.2, 0.25) is 0 Å². The van der Waals surface area contributed by atoms with Gasteiger partial charge in [0.15, 0.2) is 0 Å². The van der Waals surface area contributed by atoms with Crippen LogP contribution in [0.4, 0.5) is 10.2 Å². The van der Waals surface area contributed by atoms with Gasteiger partial charge in [0.1, 0.15) is 23.7 Å². The van der Waals surface area contributed by atoms with Crippen LogP contribution in [0, 0.1) is 5.82 Å². The quantitative estimate of drug-likeness (QED) is 0.723. The number of amides is 1. The molecular formula is C17H22FN5O. The second kappa shape index (κ2) is 8.93. The Hall–Kier alpha value is -2.54. The number of nitrogens with one attached hydrogen (secondary N) is 2. The Morgan fingerprint density at radius 2 is 1.96 bits per heavy atom. The summed E-state index contributed by atoms with van der Waals surface area (Å²) >= 11 is 0. The molecule has 0 aliphatic heterocycles. The molecule has 1 aromatic heterocycles. The molecule has 6 nitrogen and oxygen atoms in total. The third-order valence-corrected chi connectivity index (χ3v) is 3.35. The Balaban J connectivity index is 1.86. The summed E-state index contributed by atoms with van der Waals surface area (Å²) in [5.41, 5.74) is 1.24. The van der Waals surface area contributed by atoms with E-state index >= 15 is 0 Å². The number of anilines is 1. The molecule has 1 aromatic carbocycles. The van der Waals surface area contributed by atoms with Gasteiger partial charge in [-0.1, -0.05) is 12.1 Å². The first-order chi connectivity index (χ1) is 11.5. The van der Waals surface area contributed by atoms with Crippen LogP contribution < -0.4 is 10.6 Å². The molecule has 2 N–H and O–H groups in total. The fourth-order valence-electron chi connectivity index (χ4n) is 2.06. The maximum atomic E-state index is 12.9. The molecule has 0 spiro atoms. The first-order valence-corrected chi connectivity index (χ1v) is 7.78. The van der Waals surface area contributed by atoms with Crippen molar-refractivity contribution in [3.8, 4) is 0 Å². The summed E-state index contributed by atoms with van der Waals surface area (Å²) < 4.78 is 12.9. The largest absolute Gasteiger partial charge is 0.366 e. The summed E-state index contributed by atoms with van der Waals surface area (Å²) in [6.07, 6.45) is 2.22. The summed E-state index contributed by atoms with van der Waals surface area (Å²) in [6, 6.07) is 7.81. The van der Waals surface area contributed by atoms with Crippen LogP contribution in [-0.2, 0) is 6.54 Å². The average Bonchev–Trinajstić information content (AvgIpc) is 2.58. The Morgan fingerprint density at radius 3 is 2.67 bits per heavy atom. The van der Waals surface area contributed by atoms with Gasteiger partial charge in [-0.25, -0.2) is 14.4 Å². The summed E-state index contributed by atoms with van der Waals surface area (Å²) in [5.74, 6) is 0.0581. The SMILES string of the molecule is CN(C)CCCNC(=O)c1cc(NCc2ccc(F)cc2)ncn1. The smallest absolute Gasteiger partial charge is 0.270 e. The van der Waals surface area contributed by atoms with Crippen molar-refractivity contribution >= 4 is 11.7 Å². The van der Waals surface area contributed by atoms with Crippen molar-refractivity contribution < 1.29 is 9.18 Å². The highest BCUT2D eigenvalue weighted by Gasteiger charge is 2.08. The van der Waals surface area contributed by atoms with Crippen molar-refractivity contribution in [2.75, 3.05) is 32.5 Å². The molecule has 24 heavy (non-hydrogen) atoms. The van der Waals surface area contributed by atoms with Crippen LogP contribution in [0.15, 0.2) is 36.7 Å². The van der Waals surface area contributed by atoms with Crippen LogP contribution in [0.5, 0.6) is 0 Å². The molecule has 0 fully saturated rings. The summed E-state index contributed by atoms with van der Waals surface area (Å²) in [4.78, 5) is 22.2. The van der Waals surface area contributed by atoms with E-state index in [9.17, 15) is 9.18 Å². The number of carbonyl (C=O) groups is 1. The van der Waals surface area contributed by atoms with E-state index in [1.54, 1.807) is 18.2 Å². The Labute approximate surface area is 141 Å². The predicted molar refractivity (Wildman–Crippen MR) is 91.3 cm³/mol. The number of hydrogen-bond acceptors (Lipinski definition) is 5. The van der Waals surface area contributed by atoms with E-state index in [0.29, 0.717) is 24.6 Å². The number of hydrogen-bond donors (Lipinski definition) is 2. The monoisotopic (exact) mass is 331 g/mol. The molecule has 0 unspecified atom stereocenters. The van der Waals surface area contributed by atoms with Gasteiger partial charge in [0.2, 0.25) is 0 Å². The van der Waals surface area contributed by atoms with Crippen LogP contribution in [-0.4, -0.2) is 48.0 Å². The van der Waals surface area contributed by atoms with Crippen molar-refractivity contribution in [1.82, 2.24) is 20.2 Å². The van der Waals surface area contributed by atoms with E-state index in [1.807, 2.05) is 14.1 Å². The summed E-state index contributed by atoms with van der Waals surface area (Å²) in [7, 11) is 3.98. The van der Waals surface area contributed by atoms with Gasteiger partial charge in [-0.15, -0.1) is 0 Å². The van der Waals surface area contributed by atoms with Crippen LogP contribution in [0.25, 0.3) is 0 Å². The number of nitrogens with zero attached hydrogens (tertiary/aromatic N) is 3. The fourth-order valence-corrected chi connectivity index (χ4v) is 2.06. The first kappa shape index (κ1) is 17.8. The number of carbonyl (C=O) groups excluding carboxylic acids is 1. The van der Waals surface area contributed by atoms with Crippen molar-refractivity contribution in [3.05, 3.63) is 53.7 Å². The maximum absolute atomic E-state index is 12.9. The zero-order valence-electron chi connectivity index (χ0n) is 13.9. The average molecular weight is 331 g/mol. The normalized spacial score (nSPS) is 10.7. The molecule has 7 heteroatoms. The fraction of sp³-hybridized carbons (Fsp3) is 0.353. The molecule has 2 rings (SSSR count). The third kappa shape index (κ3) is 5.92. The minimum atomic E-state index is -0.269. The molecule has 2 aromatic rings. The van der Waals surface area contributed by atoms with Gasteiger partial charge in [0.05, 0.1) is 0 Å². The van der Waals surface area contributed by atoms with Gasteiger partial charge in [-0.3, -0.25) is 4.79 Å². The highest BCUT2D eigenvalue weighted by Crippen LogP contribution is 2.08. The Morgan fingerprint density at radius 1 is 1.21 bits per heavy atom. The van der Waals surface area contributed by atoms with Crippen molar-refractivity contribution in [1.29, 1.82) is 0 Å². The number of benzene rings is 1. The second-order valence-electron chi connectivity index (χ2n) is 5.68. The molecule has 128 valence electrons. The molecule has 1 amide bonds. The van der Waals surface area contributed by atoms with E-state index < -0.39 is 0 Å². The van der Waals surface area contributed by atoms with E-state index in [-0.39, 0.29) is 11.7 Å². The molecule has 0 atom stereocenters. The van der Waals surface area contributed by atoms with E-state index in [0.717, 1.165) is 18.5 Å². The van der Waals surface area contributed by atoms with E-state index in [2.05, 4.69) is 25.5 Å². The maximum Gasteiger partial charge on any atom is 0.270 e. The molecule has 0 saturated carbocycles. The van der Waals surface area contributed by atoms with E-state index in [1.165, 1.54) is 18.5 Å². The molecule has 1 heterocycles. The first-order valence-electron chi connectivity index (χ1n) is 7.78. The van der Waals surface area contributed by atoms with Crippen LogP contribution >= 0.6 is 0 Å². The highest BCUT2D eigenvalue weighted by atomic mass is 19.1. The molecule has 0 radical (unpaired) electrons. The zero-order chi connectivity index (χ0) is 17.4.